The summed E-state index contributed by atoms with van der Waals surface area (Å²) in [4.78, 5) is 0. The van der Waals surface area contributed by atoms with Crippen LogP contribution in [0.4, 0.5) is 0 Å². The van der Waals surface area contributed by atoms with E-state index in [9.17, 15) is 0 Å². The summed E-state index contributed by atoms with van der Waals surface area (Å²) in [7, 11) is 0. The molecule has 0 spiro atoms. The number of rotatable bonds is 5. The molecule has 5 nitrogen and oxygen atoms in total. The van der Waals surface area contributed by atoms with Gasteiger partial charge in [0.05, 0.1) is 18.9 Å². The summed E-state index contributed by atoms with van der Waals surface area (Å²) in [5.41, 5.74) is 1.20. The van der Waals surface area contributed by atoms with Crippen molar-refractivity contribution in [1.82, 2.24) is 15.1 Å². The van der Waals surface area contributed by atoms with Crippen LogP contribution in [0.25, 0.3) is 0 Å². The normalized spacial score (nSPS) is 22.8. The zero-order chi connectivity index (χ0) is 13.2. The molecule has 0 amide bonds. The Morgan fingerprint density at radius 2 is 2.33 bits per heavy atom. The van der Waals surface area contributed by atoms with Gasteiger partial charge in [-0.15, -0.1) is 0 Å². The minimum absolute atomic E-state index is 0.139. The van der Waals surface area contributed by atoms with E-state index in [1.165, 1.54) is 5.56 Å². The van der Waals surface area contributed by atoms with Gasteiger partial charge in [0.2, 0.25) is 0 Å². The first-order valence-corrected chi connectivity index (χ1v) is 6.52. The smallest absolute Gasteiger partial charge is 0.163 e. The zero-order valence-electron chi connectivity index (χ0n) is 11.6. The van der Waals surface area contributed by atoms with Crippen molar-refractivity contribution in [3.05, 3.63) is 18.0 Å². The van der Waals surface area contributed by atoms with Gasteiger partial charge in [0.1, 0.15) is 0 Å². The Balaban J connectivity index is 1.72. The average Bonchev–Trinajstić information content (AvgIpc) is 2.86. The van der Waals surface area contributed by atoms with Crippen LogP contribution in [0.5, 0.6) is 0 Å². The molecule has 0 radical (unpaired) electrons. The molecule has 1 unspecified atom stereocenters. The summed E-state index contributed by atoms with van der Waals surface area (Å²) < 4.78 is 13.2. The lowest BCUT2D eigenvalue weighted by atomic mass is 10.3. The third kappa shape index (κ3) is 3.54. The number of hydrogen-bond acceptors (Lipinski definition) is 4. The summed E-state index contributed by atoms with van der Waals surface area (Å²) in [5.74, 6) is -0.436. The predicted octanol–water partition coefficient (Wildman–Crippen LogP) is 1.71. The van der Waals surface area contributed by atoms with Crippen LogP contribution in [-0.4, -0.2) is 34.8 Å². The average molecular weight is 253 g/mol. The molecule has 2 rings (SSSR count). The molecule has 1 atom stereocenters. The standard InChI is InChI=1S/C13H23N3O2/c1-10(2)16-8-11(6-15-16)5-14-7-12-9-17-13(3,4)18-12/h6,8,10,12,14H,5,7,9H2,1-4H3. The maximum Gasteiger partial charge on any atom is 0.163 e. The molecule has 1 aliphatic rings. The summed E-state index contributed by atoms with van der Waals surface area (Å²) in [6.07, 6.45) is 4.12. The van der Waals surface area contributed by atoms with Gasteiger partial charge < -0.3 is 14.8 Å². The Hall–Kier alpha value is -0.910. The molecule has 0 bridgehead atoms. The van der Waals surface area contributed by atoms with Crippen molar-refractivity contribution in [1.29, 1.82) is 0 Å². The van der Waals surface area contributed by atoms with E-state index in [1.807, 2.05) is 24.7 Å². The molecular weight excluding hydrogens is 230 g/mol. The molecule has 1 saturated heterocycles. The number of aromatic nitrogens is 2. The molecule has 2 heterocycles. The van der Waals surface area contributed by atoms with Gasteiger partial charge in [0.25, 0.3) is 0 Å². The van der Waals surface area contributed by atoms with Gasteiger partial charge >= 0.3 is 0 Å². The molecular formula is C13H23N3O2. The maximum atomic E-state index is 5.72. The van der Waals surface area contributed by atoms with Crippen molar-refractivity contribution in [2.24, 2.45) is 0 Å². The first-order valence-electron chi connectivity index (χ1n) is 6.52. The van der Waals surface area contributed by atoms with Crippen molar-refractivity contribution in [2.75, 3.05) is 13.2 Å². The summed E-state index contributed by atoms with van der Waals surface area (Å²) >= 11 is 0. The molecule has 102 valence electrons. The lowest BCUT2D eigenvalue weighted by molar-refractivity contribution is -0.137. The first kappa shape index (κ1) is 13.5. The largest absolute Gasteiger partial charge is 0.348 e. The molecule has 0 saturated carbocycles. The van der Waals surface area contributed by atoms with Crippen LogP contribution in [0.3, 0.4) is 0 Å². The third-order valence-corrected chi connectivity index (χ3v) is 2.95. The van der Waals surface area contributed by atoms with Crippen LogP contribution in [-0.2, 0) is 16.0 Å². The van der Waals surface area contributed by atoms with Gasteiger partial charge in [0.15, 0.2) is 5.79 Å². The molecule has 18 heavy (non-hydrogen) atoms. The highest BCUT2D eigenvalue weighted by Gasteiger charge is 2.32. The number of nitrogens with zero attached hydrogens (tertiary/aromatic N) is 2. The summed E-state index contributed by atoms with van der Waals surface area (Å²) in [5, 5.41) is 7.69. The van der Waals surface area contributed by atoms with Gasteiger partial charge in [0, 0.05) is 30.9 Å². The Bertz CT molecular complexity index is 387. The third-order valence-electron chi connectivity index (χ3n) is 2.95. The van der Waals surface area contributed by atoms with Crippen LogP contribution < -0.4 is 5.32 Å². The number of hydrogen-bond donors (Lipinski definition) is 1. The van der Waals surface area contributed by atoms with Gasteiger partial charge in [-0.25, -0.2) is 0 Å². The molecule has 1 N–H and O–H groups in total. The fourth-order valence-electron chi connectivity index (χ4n) is 1.99. The fraction of sp³-hybridized carbons (Fsp3) is 0.769. The molecule has 1 fully saturated rings. The highest BCUT2D eigenvalue weighted by Crippen LogP contribution is 2.21. The lowest BCUT2D eigenvalue weighted by Gasteiger charge is -2.17. The highest BCUT2D eigenvalue weighted by molar-refractivity contribution is 5.03. The SMILES string of the molecule is CC(C)n1cc(CNCC2COC(C)(C)O2)cn1. The Kier molecular flexibility index (Phi) is 4.04. The Morgan fingerprint density at radius 1 is 1.56 bits per heavy atom. The van der Waals surface area contributed by atoms with Crippen LogP contribution >= 0.6 is 0 Å². The minimum atomic E-state index is -0.436. The molecule has 0 aromatic carbocycles. The highest BCUT2D eigenvalue weighted by atomic mass is 16.7. The summed E-state index contributed by atoms with van der Waals surface area (Å²) in [6.45, 7) is 10.4. The summed E-state index contributed by atoms with van der Waals surface area (Å²) in [6, 6.07) is 0.408. The van der Waals surface area contributed by atoms with E-state index in [0.717, 1.165) is 13.1 Å². The van der Waals surface area contributed by atoms with Crippen molar-refractivity contribution >= 4 is 0 Å². The van der Waals surface area contributed by atoms with E-state index in [4.69, 9.17) is 9.47 Å². The van der Waals surface area contributed by atoms with Gasteiger partial charge in [-0.1, -0.05) is 0 Å². The number of nitrogens with one attached hydrogen (secondary N) is 1. The van der Waals surface area contributed by atoms with E-state index in [0.29, 0.717) is 12.6 Å². The van der Waals surface area contributed by atoms with Gasteiger partial charge in [-0.3, -0.25) is 4.68 Å². The predicted molar refractivity (Wildman–Crippen MR) is 69.2 cm³/mol. The van der Waals surface area contributed by atoms with Crippen LogP contribution in [0.15, 0.2) is 12.4 Å². The fourth-order valence-corrected chi connectivity index (χ4v) is 1.99. The monoisotopic (exact) mass is 253 g/mol. The zero-order valence-corrected chi connectivity index (χ0v) is 11.6. The molecule has 1 aliphatic heterocycles. The second kappa shape index (κ2) is 5.38. The van der Waals surface area contributed by atoms with Crippen molar-refractivity contribution in [3.8, 4) is 0 Å². The van der Waals surface area contributed by atoms with E-state index in [1.54, 1.807) is 0 Å². The van der Waals surface area contributed by atoms with Crippen molar-refractivity contribution in [2.45, 2.75) is 52.2 Å². The first-order chi connectivity index (χ1) is 8.46. The van der Waals surface area contributed by atoms with Crippen molar-refractivity contribution in [3.63, 3.8) is 0 Å². The van der Waals surface area contributed by atoms with E-state index >= 15 is 0 Å². The van der Waals surface area contributed by atoms with E-state index in [-0.39, 0.29) is 6.10 Å². The van der Waals surface area contributed by atoms with Crippen LogP contribution in [0, 0.1) is 0 Å². The van der Waals surface area contributed by atoms with Gasteiger partial charge in [-0.05, 0) is 27.7 Å². The van der Waals surface area contributed by atoms with Crippen LogP contribution in [0.2, 0.25) is 0 Å². The Morgan fingerprint density at radius 3 is 2.89 bits per heavy atom. The van der Waals surface area contributed by atoms with Crippen LogP contribution in [0.1, 0.15) is 39.3 Å². The lowest BCUT2D eigenvalue weighted by Crippen LogP contribution is -2.30. The topological polar surface area (TPSA) is 48.3 Å². The molecule has 5 heteroatoms. The van der Waals surface area contributed by atoms with E-state index < -0.39 is 5.79 Å². The minimum Gasteiger partial charge on any atom is -0.348 e. The number of ether oxygens (including phenoxy) is 2. The second-order valence-electron chi connectivity index (χ2n) is 5.50. The van der Waals surface area contributed by atoms with Gasteiger partial charge in [-0.2, -0.15) is 5.10 Å². The Labute approximate surface area is 108 Å². The molecule has 1 aromatic rings. The van der Waals surface area contributed by atoms with E-state index in [2.05, 4.69) is 30.5 Å². The second-order valence-corrected chi connectivity index (χ2v) is 5.50. The molecule has 1 aromatic heterocycles. The quantitative estimate of drug-likeness (QED) is 0.868. The maximum absolute atomic E-state index is 5.72. The molecule has 0 aliphatic carbocycles. The van der Waals surface area contributed by atoms with Crippen molar-refractivity contribution < 1.29 is 9.47 Å².